The highest BCUT2D eigenvalue weighted by atomic mass is 16.2. The highest BCUT2D eigenvalue weighted by Gasteiger charge is 2.29. The summed E-state index contributed by atoms with van der Waals surface area (Å²) in [6, 6.07) is 12.8. The maximum atomic E-state index is 13.4. The number of nitrogens with zero attached hydrogens (tertiary/aromatic N) is 3. The van der Waals surface area contributed by atoms with E-state index in [2.05, 4.69) is 0 Å². The van der Waals surface area contributed by atoms with E-state index in [1.54, 1.807) is 33.9 Å². The number of benzene rings is 2. The van der Waals surface area contributed by atoms with Gasteiger partial charge in [-0.3, -0.25) is 14.4 Å². The van der Waals surface area contributed by atoms with Crippen LogP contribution in [0.1, 0.15) is 102 Å². The molecule has 3 rings (SSSR count). The molecular formula is C36H54N4O3. The van der Waals surface area contributed by atoms with Gasteiger partial charge in [-0.05, 0) is 55.2 Å². The molecule has 0 bridgehead atoms. The Labute approximate surface area is 260 Å². The molecule has 0 radical (unpaired) electrons. The van der Waals surface area contributed by atoms with E-state index >= 15 is 0 Å². The van der Waals surface area contributed by atoms with Gasteiger partial charge < -0.3 is 20.1 Å². The molecule has 0 saturated carbocycles. The van der Waals surface area contributed by atoms with E-state index in [1.807, 2.05) is 111 Å². The van der Waals surface area contributed by atoms with Crippen molar-refractivity contribution < 1.29 is 14.4 Å². The summed E-state index contributed by atoms with van der Waals surface area (Å²) in [5.74, 6) is -0.338. The summed E-state index contributed by atoms with van der Waals surface area (Å²) in [4.78, 5) is 44.0. The van der Waals surface area contributed by atoms with Crippen LogP contribution in [0.3, 0.4) is 0 Å². The molecule has 1 heterocycles. The second-order valence-electron chi connectivity index (χ2n) is 9.32. The van der Waals surface area contributed by atoms with Gasteiger partial charge in [0.2, 0.25) is 11.8 Å². The Morgan fingerprint density at radius 3 is 2.16 bits per heavy atom. The lowest BCUT2D eigenvalue weighted by Gasteiger charge is -2.24. The van der Waals surface area contributed by atoms with Crippen LogP contribution < -0.4 is 4.90 Å². The number of hydrogen-bond donors (Lipinski definition) is 1. The molecule has 0 aliphatic carbocycles. The maximum absolute atomic E-state index is 13.4. The van der Waals surface area contributed by atoms with E-state index in [-0.39, 0.29) is 30.7 Å². The molecule has 0 fully saturated rings. The molecule has 0 unspecified atom stereocenters. The molecule has 7 heteroatoms. The first kappa shape index (κ1) is 39.0. The number of anilines is 1. The van der Waals surface area contributed by atoms with Crippen LogP contribution >= 0.6 is 0 Å². The minimum atomic E-state index is -0.189. The van der Waals surface area contributed by atoms with Crippen molar-refractivity contribution in [2.45, 2.75) is 88.2 Å². The third-order valence-corrected chi connectivity index (χ3v) is 6.48. The van der Waals surface area contributed by atoms with Gasteiger partial charge in [0.15, 0.2) is 0 Å². The monoisotopic (exact) mass is 590 g/mol. The van der Waals surface area contributed by atoms with E-state index in [9.17, 15) is 14.4 Å². The Bertz CT molecular complexity index is 1220. The number of allylic oxidation sites excluding steroid dienone is 3. The van der Waals surface area contributed by atoms with Crippen LogP contribution in [0.2, 0.25) is 0 Å². The smallest absolute Gasteiger partial charge is 0.253 e. The van der Waals surface area contributed by atoms with E-state index in [1.165, 1.54) is 6.21 Å². The van der Waals surface area contributed by atoms with Crippen LogP contribution in [0, 0.1) is 5.41 Å². The molecule has 1 aliphatic rings. The first-order chi connectivity index (χ1) is 20.8. The molecule has 0 aromatic heterocycles. The number of rotatable bonds is 9. The number of carbonyl (C=O) groups excluding carboxylic acids is 3. The zero-order chi connectivity index (χ0) is 32.9. The van der Waals surface area contributed by atoms with Crippen LogP contribution in [0.4, 0.5) is 5.69 Å². The van der Waals surface area contributed by atoms with Crippen molar-refractivity contribution in [3.05, 3.63) is 88.5 Å². The van der Waals surface area contributed by atoms with Gasteiger partial charge in [0.05, 0.1) is 6.54 Å². The minimum absolute atomic E-state index is 0.0255. The largest absolute Gasteiger partial charge is 0.342 e. The molecule has 7 nitrogen and oxygen atoms in total. The standard InChI is InChI=1S/C30H36N4O3.3C2H6/c1-5-16-32(4)30(37)25-13-10-23(11-14-25)19-34-27-17-24(18-31)12-15-26(27)20-33(21-29(34)36)28(35)9-7-8-22(3)6-2;3*1-2/h6-8,10-15,17-18,31H,5,9,16,19-21H2,1-4H3;3*1-2H3/b8-7-,22-6-,31-18?;;;. The molecule has 0 saturated heterocycles. The van der Waals surface area contributed by atoms with Gasteiger partial charge in [-0.15, -0.1) is 0 Å². The first-order valence-electron chi connectivity index (χ1n) is 15.6. The number of hydrogen-bond acceptors (Lipinski definition) is 4. The predicted octanol–water partition coefficient (Wildman–Crippen LogP) is 8.03. The molecule has 3 amide bonds. The fourth-order valence-corrected chi connectivity index (χ4v) is 4.21. The minimum Gasteiger partial charge on any atom is -0.342 e. The first-order valence-corrected chi connectivity index (χ1v) is 15.6. The summed E-state index contributed by atoms with van der Waals surface area (Å²) in [7, 11) is 1.79. The summed E-state index contributed by atoms with van der Waals surface area (Å²) in [6.45, 7) is 19.2. The molecule has 2 aromatic rings. The zero-order valence-electron chi connectivity index (χ0n) is 28.2. The molecule has 2 aromatic carbocycles. The molecule has 0 atom stereocenters. The van der Waals surface area contributed by atoms with Gasteiger partial charge in [-0.25, -0.2) is 0 Å². The summed E-state index contributed by atoms with van der Waals surface area (Å²) >= 11 is 0. The Kier molecular flexibility index (Phi) is 19.7. The fourth-order valence-electron chi connectivity index (χ4n) is 4.21. The van der Waals surface area contributed by atoms with Crippen molar-refractivity contribution in [2.24, 2.45) is 0 Å². The summed E-state index contributed by atoms with van der Waals surface area (Å²) in [5.41, 5.74) is 4.78. The van der Waals surface area contributed by atoms with Crippen molar-refractivity contribution >= 4 is 29.6 Å². The van der Waals surface area contributed by atoms with Gasteiger partial charge in [-0.1, -0.05) is 96.5 Å². The van der Waals surface area contributed by atoms with Crippen LogP contribution in [-0.4, -0.2) is 53.9 Å². The normalized spacial score (nSPS) is 12.4. The van der Waals surface area contributed by atoms with Crippen molar-refractivity contribution in [1.82, 2.24) is 9.80 Å². The molecule has 1 N–H and O–H groups in total. The lowest BCUT2D eigenvalue weighted by Crippen LogP contribution is -2.39. The summed E-state index contributed by atoms with van der Waals surface area (Å²) in [5, 5.41) is 7.67. The van der Waals surface area contributed by atoms with E-state index in [4.69, 9.17) is 5.41 Å². The Morgan fingerprint density at radius 2 is 1.60 bits per heavy atom. The highest BCUT2D eigenvalue weighted by Crippen LogP contribution is 2.29. The summed E-state index contributed by atoms with van der Waals surface area (Å²) in [6.07, 6.45) is 8.05. The lowest BCUT2D eigenvalue weighted by molar-refractivity contribution is -0.134. The number of amides is 3. The topological polar surface area (TPSA) is 84.8 Å². The predicted molar refractivity (Wildman–Crippen MR) is 182 cm³/mol. The Morgan fingerprint density at radius 1 is 0.977 bits per heavy atom. The van der Waals surface area contributed by atoms with Crippen molar-refractivity contribution in [3.63, 3.8) is 0 Å². The third kappa shape index (κ3) is 12.0. The number of nitrogens with one attached hydrogen (secondary N) is 1. The average molecular weight is 591 g/mol. The van der Waals surface area contributed by atoms with E-state index < -0.39 is 0 Å². The van der Waals surface area contributed by atoms with Gasteiger partial charge in [-0.2, -0.15) is 0 Å². The van der Waals surface area contributed by atoms with E-state index in [0.29, 0.717) is 36.4 Å². The van der Waals surface area contributed by atoms with Gasteiger partial charge in [0.25, 0.3) is 5.91 Å². The van der Waals surface area contributed by atoms with Gasteiger partial charge in [0, 0.05) is 44.0 Å². The van der Waals surface area contributed by atoms with Crippen molar-refractivity contribution in [2.75, 3.05) is 25.0 Å². The Hall–Kier alpha value is -4.00. The zero-order valence-corrected chi connectivity index (χ0v) is 28.2. The van der Waals surface area contributed by atoms with Crippen LogP contribution in [0.25, 0.3) is 0 Å². The van der Waals surface area contributed by atoms with Crippen molar-refractivity contribution in [3.8, 4) is 0 Å². The van der Waals surface area contributed by atoms with Gasteiger partial charge in [0.1, 0.15) is 6.54 Å². The van der Waals surface area contributed by atoms with E-state index in [0.717, 1.165) is 23.1 Å². The molecular weight excluding hydrogens is 536 g/mol. The van der Waals surface area contributed by atoms with Gasteiger partial charge >= 0.3 is 0 Å². The van der Waals surface area contributed by atoms with Crippen LogP contribution in [0.15, 0.2) is 66.3 Å². The van der Waals surface area contributed by atoms with Crippen LogP contribution in [-0.2, 0) is 22.7 Å². The third-order valence-electron chi connectivity index (χ3n) is 6.48. The van der Waals surface area contributed by atoms with Crippen molar-refractivity contribution in [1.29, 1.82) is 5.41 Å². The number of carbonyl (C=O) groups is 3. The fraction of sp³-hybridized carbons (Fsp3) is 0.444. The second kappa shape index (κ2) is 21.7. The molecule has 43 heavy (non-hydrogen) atoms. The highest BCUT2D eigenvalue weighted by molar-refractivity contribution is 5.99. The Balaban J connectivity index is 0.00000276. The number of fused-ring (bicyclic) bond motifs is 1. The average Bonchev–Trinajstić information content (AvgIpc) is 3.19. The quantitative estimate of drug-likeness (QED) is 0.237. The second-order valence-corrected chi connectivity index (χ2v) is 9.32. The molecule has 1 aliphatic heterocycles. The maximum Gasteiger partial charge on any atom is 0.253 e. The molecule has 0 spiro atoms. The van der Waals surface area contributed by atoms with Crippen LogP contribution in [0.5, 0.6) is 0 Å². The molecule has 236 valence electrons. The lowest BCUT2D eigenvalue weighted by atomic mass is 10.1. The summed E-state index contributed by atoms with van der Waals surface area (Å²) < 4.78 is 0. The SMILES string of the molecule is C/C=C(C)\C=C/CC(=O)N1CC(=O)N(Cc2ccc(C(=O)N(C)CCC)cc2)c2cc(C=N)ccc2C1.CC.CC.CC.